The van der Waals surface area contributed by atoms with E-state index in [0.29, 0.717) is 18.6 Å². The van der Waals surface area contributed by atoms with E-state index >= 15 is 0 Å². The summed E-state index contributed by atoms with van der Waals surface area (Å²) in [6.45, 7) is 10.00. The maximum absolute atomic E-state index is 11.3. The summed E-state index contributed by atoms with van der Waals surface area (Å²) in [7, 11) is 0. The number of carbonyl (C=O) groups excluding carboxylic acids is 1. The standard InChI is InChI=1S/C14H24O3/c1-11(2)13(15)9-7-5-6-8-12-10-16-14(3,4)17-12/h12H,1,5-10H2,2-4H3. The van der Waals surface area contributed by atoms with Crippen molar-refractivity contribution < 1.29 is 14.3 Å². The first-order chi connectivity index (χ1) is 7.91. The molecule has 0 radical (unpaired) electrons. The maximum atomic E-state index is 11.3. The Balaban J connectivity index is 2.02. The van der Waals surface area contributed by atoms with Crippen LogP contribution in [0.4, 0.5) is 0 Å². The van der Waals surface area contributed by atoms with Crippen molar-refractivity contribution in [1.82, 2.24) is 0 Å². The molecule has 0 amide bonds. The molecule has 1 aliphatic heterocycles. The number of rotatable bonds is 7. The minimum Gasteiger partial charge on any atom is -0.348 e. The number of allylic oxidation sites excluding steroid dienone is 1. The molecule has 0 aromatic carbocycles. The normalized spacial score (nSPS) is 22.6. The molecule has 98 valence electrons. The Hall–Kier alpha value is -0.670. The van der Waals surface area contributed by atoms with Crippen LogP contribution in [0.5, 0.6) is 0 Å². The van der Waals surface area contributed by atoms with Crippen LogP contribution in [0.3, 0.4) is 0 Å². The molecular formula is C14H24O3. The summed E-state index contributed by atoms with van der Waals surface area (Å²) < 4.78 is 11.2. The molecule has 1 unspecified atom stereocenters. The van der Waals surface area contributed by atoms with Gasteiger partial charge in [0.25, 0.3) is 0 Å². The molecule has 0 saturated carbocycles. The molecule has 0 N–H and O–H groups in total. The van der Waals surface area contributed by atoms with Gasteiger partial charge in [0.05, 0.1) is 12.7 Å². The average molecular weight is 240 g/mol. The lowest BCUT2D eigenvalue weighted by molar-refractivity contribution is -0.139. The fourth-order valence-electron chi connectivity index (χ4n) is 1.95. The smallest absolute Gasteiger partial charge is 0.163 e. The van der Waals surface area contributed by atoms with Gasteiger partial charge in [-0.1, -0.05) is 19.4 Å². The van der Waals surface area contributed by atoms with Crippen molar-refractivity contribution in [3.8, 4) is 0 Å². The predicted octanol–water partition coefficient (Wildman–Crippen LogP) is 3.23. The van der Waals surface area contributed by atoms with E-state index in [2.05, 4.69) is 6.58 Å². The van der Waals surface area contributed by atoms with E-state index in [1.54, 1.807) is 6.92 Å². The molecule has 0 aromatic heterocycles. The van der Waals surface area contributed by atoms with Crippen LogP contribution in [0.25, 0.3) is 0 Å². The highest BCUT2D eigenvalue weighted by Crippen LogP contribution is 2.25. The molecule has 3 nitrogen and oxygen atoms in total. The predicted molar refractivity (Wildman–Crippen MR) is 67.8 cm³/mol. The van der Waals surface area contributed by atoms with E-state index in [9.17, 15) is 4.79 Å². The topological polar surface area (TPSA) is 35.5 Å². The van der Waals surface area contributed by atoms with Gasteiger partial charge >= 0.3 is 0 Å². The van der Waals surface area contributed by atoms with Crippen LogP contribution >= 0.6 is 0 Å². The van der Waals surface area contributed by atoms with Crippen LogP contribution in [-0.2, 0) is 14.3 Å². The second kappa shape index (κ2) is 6.31. The Morgan fingerprint density at radius 1 is 1.35 bits per heavy atom. The zero-order valence-electron chi connectivity index (χ0n) is 11.3. The van der Waals surface area contributed by atoms with E-state index in [0.717, 1.165) is 25.7 Å². The molecule has 1 fully saturated rings. The Bertz CT molecular complexity index is 281. The van der Waals surface area contributed by atoms with Crippen molar-refractivity contribution in [3.05, 3.63) is 12.2 Å². The highest BCUT2D eigenvalue weighted by Gasteiger charge is 2.31. The van der Waals surface area contributed by atoms with Crippen LogP contribution in [0.2, 0.25) is 0 Å². The van der Waals surface area contributed by atoms with Crippen molar-refractivity contribution >= 4 is 5.78 Å². The van der Waals surface area contributed by atoms with Gasteiger partial charge in [-0.05, 0) is 39.2 Å². The lowest BCUT2D eigenvalue weighted by atomic mass is 10.1. The number of unbranched alkanes of at least 4 members (excludes halogenated alkanes) is 2. The van der Waals surface area contributed by atoms with Gasteiger partial charge in [-0.3, -0.25) is 4.79 Å². The van der Waals surface area contributed by atoms with Crippen LogP contribution in [0.1, 0.15) is 52.9 Å². The third-order valence-corrected chi connectivity index (χ3v) is 2.97. The van der Waals surface area contributed by atoms with Crippen LogP contribution < -0.4 is 0 Å². The van der Waals surface area contributed by atoms with Gasteiger partial charge < -0.3 is 9.47 Å². The highest BCUT2D eigenvalue weighted by atomic mass is 16.7. The van der Waals surface area contributed by atoms with Gasteiger partial charge in [0.2, 0.25) is 0 Å². The molecule has 1 atom stereocenters. The molecule has 0 aromatic rings. The third-order valence-electron chi connectivity index (χ3n) is 2.97. The summed E-state index contributed by atoms with van der Waals surface area (Å²) in [5.74, 6) is -0.229. The summed E-state index contributed by atoms with van der Waals surface area (Å²) >= 11 is 0. The number of Topliss-reactive ketones (excluding diaryl/α,β-unsaturated/α-hetero) is 1. The number of carbonyl (C=O) groups is 1. The lowest BCUT2D eigenvalue weighted by Gasteiger charge is -2.16. The zero-order chi connectivity index (χ0) is 12.9. The summed E-state index contributed by atoms with van der Waals surface area (Å²) in [6, 6.07) is 0. The number of ether oxygens (including phenoxy) is 2. The summed E-state index contributed by atoms with van der Waals surface area (Å²) in [5.41, 5.74) is 0.666. The monoisotopic (exact) mass is 240 g/mol. The van der Waals surface area contributed by atoms with Gasteiger partial charge in [0, 0.05) is 6.42 Å². The second-order valence-corrected chi connectivity index (χ2v) is 5.25. The molecule has 17 heavy (non-hydrogen) atoms. The second-order valence-electron chi connectivity index (χ2n) is 5.25. The molecule has 1 heterocycles. The van der Waals surface area contributed by atoms with Crippen molar-refractivity contribution in [2.45, 2.75) is 64.8 Å². The Morgan fingerprint density at radius 2 is 2.06 bits per heavy atom. The first kappa shape index (κ1) is 14.4. The molecule has 0 aliphatic carbocycles. The Kier molecular flexibility index (Phi) is 5.34. The van der Waals surface area contributed by atoms with Crippen molar-refractivity contribution in [3.63, 3.8) is 0 Å². The average Bonchev–Trinajstić information content (AvgIpc) is 2.57. The Morgan fingerprint density at radius 3 is 2.59 bits per heavy atom. The molecule has 0 spiro atoms. The Labute approximate surface area is 104 Å². The third kappa shape index (κ3) is 5.46. The lowest BCUT2D eigenvalue weighted by Crippen LogP contribution is -2.21. The van der Waals surface area contributed by atoms with Crippen molar-refractivity contribution in [2.24, 2.45) is 0 Å². The fraction of sp³-hybridized carbons (Fsp3) is 0.786. The van der Waals surface area contributed by atoms with Crippen LogP contribution in [-0.4, -0.2) is 24.3 Å². The first-order valence-electron chi connectivity index (χ1n) is 6.41. The van der Waals surface area contributed by atoms with E-state index in [-0.39, 0.29) is 11.9 Å². The molecule has 1 saturated heterocycles. The van der Waals surface area contributed by atoms with Crippen molar-refractivity contribution in [1.29, 1.82) is 0 Å². The minimum atomic E-state index is -0.416. The maximum Gasteiger partial charge on any atom is 0.163 e. The van der Waals surface area contributed by atoms with Gasteiger partial charge in [0.1, 0.15) is 0 Å². The summed E-state index contributed by atoms with van der Waals surface area (Å²) in [6.07, 6.45) is 4.98. The number of hydrogen-bond acceptors (Lipinski definition) is 3. The van der Waals surface area contributed by atoms with Crippen molar-refractivity contribution in [2.75, 3.05) is 6.61 Å². The van der Waals surface area contributed by atoms with E-state index in [1.807, 2.05) is 13.8 Å². The number of ketones is 1. The van der Waals surface area contributed by atoms with E-state index < -0.39 is 5.79 Å². The molecular weight excluding hydrogens is 216 g/mol. The first-order valence-corrected chi connectivity index (χ1v) is 6.41. The number of hydrogen-bond donors (Lipinski definition) is 0. The molecule has 0 bridgehead atoms. The molecule has 1 aliphatic rings. The quantitative estimate of drug-likeness (QED) is 0.506. The van der Waals surface area contributed by atoms with E-state index in [4.69, 9.17) is 9.47 Å². The molecule has 3 heteroatoms. The summed E-state index contributed by atoms with van der Waals surface area (Å²) in [5, 5.41) is 0. The van der Waals surface area contributed by atoms with Crippen LogP contribution in [0, 0.1) is 0 Å². The fourth-order valence-corrected chi connectivity index (χ4v) is 1.95. The highest BCUT2D eigenvalue weighted by molar-refractivity contribution is 5.93. The zero-order valence-corrected chi connectivity index (χ0v) is 11.3. The molecule has 1 rings (SSSR count). The summed E-state index contributed by atoms with van der Waals surface area (Å²) in [4.78, 5) is 11.3. The van der Waals surface area contributed by atoms with E-state index in [1.165, 1.54) is 0 Å². The SMILES string of the molecule is C=C(C)C(=O)CCCCCC1COC(C)(C)O1. The van der Waals surface area contributed by atoms with Gasteiger partial charge in [-0.2, -0.15) is 0 Å². The van der Waals surface area contributed by atoms with Gasteiger partial charge in [-0.15, -0.1) is 0 Å². The van der Waals surface area contributed by atoms with Gasteiger partial charge in [-0.25, -0.2) is 0 Å². The van der Waals surface area contributed by atoms with Gasteiger partial charge in [0.15, 0.2) is 11.6 Å². The van der Waals surface area contributed by atoms with Crippen LogP contribution in [0.15, 0.2) is 12.2 Å². The minimum absolute atomic E-state index is 0.187. The largest absolute Gasteiger partial charge is 0.348 e.